The first kappa shape index (κ1) is 25.3. The van der Waals surface area contributed by atoms with Crippen molar-refractivity contribution in [2.24, 2.45) is 16.8 Å². The highest BCUT2D eigenvalue weighted by molar-refractivity contribution is 5.95. The van der Waals surface area contributed by atoms with Crippen molar-refractivity contribution in [3.8, 4) is 5.69 Å². The largest absolute Gasteiger partial charge is 0.416 e. The molecule has 0 fully saturated rings. The van der Waals surface area contributed by atoms with Gasteiger partial charge in [0.1, 0.15) is 5.84 Å². The number of nitrogens with one attached hydrogen (secondary N) is 1. The molecule has 1 amide bonds. The lowest BCUT2D eigenvalue weighted by Gasteiger charge is -2.19. The number of benzene rings is 2. The SMILES string of the molecule is C/C(=N/N)N(N)c1cccc(-n2cc(C(=O)N[C@H](C)c3cc(N)cc(C(F)(F)F)c3)ccc2=O)c1. The molecule has 1 heterocycles. The van der Waals surface area contributed by atoms with Crippen molar-refractivity contribution in [3.05, 3.63) is 87.8 Å². The van der Waals surface area contributed by atoms with Gasteiger partial charge in [0.2, 0.25) is 0 Å². The molecule has 3 aromatic rings. The number of amides is 1. The summed E-state index contributed by atoms with van der Waals surface area (Å²) in [6, 6.07) is 11.4. The van der Waals surface area contributed by atoms with E-state index >= 15 is 0 Å². The van der Waals surface area contributed by atoms with Crippen LogP contribution in [-0.2, 0) is 6.18 Å². The third-order valence-corrected chi connectivity index (χ3v) is 5.25. The number of alkyl halides is 3. The second kappa shape index (κ2) is 9.89. The zero-order valence-electron chi connectivity index (χ0n) is 18.9. The van der Waals surface area contributed by atoms with Gasteiger partial charge in [-0.2, -0.15) is 18.3 Å². The van der Waals surface area contributed by atoms with Crippen molar-refractivity contribution in [1.29, 1.82) is 0 Å². The summed E-state index contributed by atoms with van der Waals surface area (Å²) in [6.07, 6.45) is -3.25. The van der Waals surface area contributed by atoms with Crippen LogP contribution < -0.4 is 33.3 Å². The lowest BCUT2D eigenvalue weighted by atomic mass is 10.0. The number of amidine groups is 1. The van der Waals surface area contributed by atoms with Gasteiger partial charge in [-0.25, -0.2) is 5.84 Å². The summed E-state index contributed by atoms with van der Waals surface area (Å²) < 4.78 is 40.6. The first-order chi connectivity index (χ1) is 16.4. The molecule has 0 aliphatic carbocycles. The van der Waals surface area contributed by atoms with E-state index in [4.69, 9.17) is 17.4 Å². The Morgan fingerprint density at radius 2 is 1.86 bits per heavy atom. The van der Waals surface area contributed by atoms with Crippen LogP contribution in [-0.4, -0.2) is 16.3 Å². The van der Waals surface area contributed by atoms with Crippen molar-refractivity contribution in [1.82, 2.24) is 9.88 Å². The average molecular weight is 487 g/mol. The molecule has 0 radical (unpaired) electrons. The maximum atomic E-state index is 13.1. The summed E-state index contributed by atoms with van der Waals surface area (Å²) in [6.45, 7) is 3.13. The molecule has 0 unspecified atom stereocenters. The van der Waals surface area contributed by atoms with Crippen LogP contribution in [0.5, 0.6) is 0 Å². The molecule has 3 rings (SSSR count). The van der Waals surface area contributed by atoms with Crippen LogP contribution in [0.2, 0.25) is 0 Å². The van der Waals surface area contributed by atoms with Crippen LogP contribution in [0, 0.1) is 0 Å². The predicted molar refractivity (Wildman–Crippen MR) is 128 cm³/mol. The second-order valence-corrected chi connectivity index (χ2v) is 7.77. The van der Waals surface area contributed by atoms with Crippen LogP contribution >= 0.6 is 0 Å². The molecule has 9 nitrogen and oxygen atoms in total. The number of hydrogen-bond acceptors (Lipinski definition) is 6. The van der Waals surface area contributed by atoms with Gasteiger partial charge in [-0.3, -0.25) is 19.2 Å². The standard InChI is InChI=1S/C23H24F3N7O2/c1-13(16-8-17(23(24,25)26)10-18(27)9-16)30-22(35)15-6-7-21(34)32(12-15)19-4-3-5-20(11-19)33(29)14(2)31-28/h3-13H,27-29H2,1-2H3,(H,30,35)/b31-14-/t13-/m1/s1. The summed E-state index contributed by atoms with van der Waals surface area (Å²) in [7, 11) is 0. The van der Waals surface area contributed by atoms with Crippen LogP contribution in [0.25, 0.3) is 5.69 Å². The van der Waals surface area contributed by atoms with E-state index in [1.165, 1.54) is 40.9 Å². The fourth-order valence-electron chi connectivity index (χ4n) is 3.32. The molecule has 35 heavy (non-hydrogen) atoms. The van der Waals surface area contributed by atoms with E-state index < -0.39 is 29.2 Å². The Kier molecular flexibility index (Phi) is 7.15. The van der Waals surface area contributed by atoms with Gasteiger partial charge in [0, 0.05) is 18.0 Å². The number of hydrazone groups is 1. The fraction of sp³-hybridized carbons (Fsp3) is 0.174. The summed E-state index contributed by atoms with van der Waals surface area (Å²) in [5, 5.41) is 7.39. The molecule has 12 heteroatoms. The molecule has 0 spiro atoms. The van der Waals surface area contributed by atoms with Crippen LogP contribution in [0.4, 0.5) is 24.5 Å². The summed E-state index contributed by atoms with van der Waals surface area (Å²) in [4.78, 5) is 25.4. The summed E-state index contributed by atoms with van der Waals surface area (Å²) in [5.41, 5.74) is 5.43. The Labute approximate surface area is 198 Å². The molecular weight excluding hydrogens is 463 g/mol. The van der Waals surface area contributed by atoms with Gasteiger partial charge >= 0.3 is 6.18 Å². The minimum absolute atomic E-state index is 0.0757. The number of nitrogen functional groups attached to an aromatic ring is 1. The number of nitrogens with two attached hydrogens (primary N) is 3. The van der Waals surface area contributed by atoms with Gasteiger partial charge in [0.15, 0.2) is 0 Å². The van der Waals surface area contributed by atoms with Crippen LogP contribution in [0.3, 0.4) is 0 Å². The number of anilines is 2. The van der Waals surface area contributed by atoms with Crippen molar-refractivity contribution in [2.45, 2.75) is 26.1 Å². The molecule has 0 saturated heterocycles. The van der Waals surface area contributed by atoms with E-state index in [2.05, 4.69) is 10.4 Å². The van der Waals surface area contributed by atoms with E-state index in [0.717, 1.165) is 12.1 Å². The fourth-order valence-corrected chi connectivity index (χ4v) is 3.32. The number of pyridine rings is 1. The smallest absolute Gasteiger partial charge is 0.399 e. The van der Waals surface area contributed by atoms with Gasteiger partial charge in [0.05, 0.1) is 28.5 Å². The molecule has 0 aliphatic heterocycles. The maximum Gasteiger partial charge on any atom is 0.416 e. The van der Waals surface area contributed by atoms with Crippen molar-refractivity contribution >= 4 is 23.1 Å². The molecule has 0 aliphatic rings. The van der Waals surface area contributed by atoms with Crippen molar-refractivity contribution in [2.75, 3.05) is 10.7 Å². The van der Waals surface area contributed by atoms with Gasteiger partial charge in [-0.1, -0.05) is 6.07 Å². The number of rotatable bonds is 5. The Bertz CT molecular complexity index is 1340. The molecule has 2 aromatic carbocycles. The number of carbonyl (C=O) groups is 1. The Morgan fingerprint density at radius 3 is 2.51 bits per heavy atom. The number of hydrazine groups is 1. The highest BCUT2D eigenvalue weighted by Gasteiger charge is 2.31. The lowest BCUT2D eigenvalue weighted by Crippen LogP contribution is -2.36. The molecule has 0 saturated carbocycles. The average Bonchev–Trinajstić information content (AvgIpc) is 2.82. The normalized spacial score (nSPS) is 12.8. The third kappa shape index (κ3) is 5.79. The molecular formula is C23H24F3N7O2. The zero-order valence-corrected chi connectivity index (χ0v) is 18.9. The topological polar surface area (TPSA) is 145 Å². The quantitative estimate of drug-likeness (QED) is 0.143. The highest BCUT2D eigenvalue weighted by atomic mass is 19.4. The first-order valence-corrected chi connectivity index (χ1v) is 10.3. The number of nitrogens with zero attached hydrogens (tertiary/aromatic N) is 3. The summed E-state index contributed by atoms with van der Waals surface area (Å²) >= 11 is 0. The Morgan fingerprint density at radius 1 is 1.14 bits per heavy atom. The van der Waals surface area contributed by atoms with Crippen molar-refractivity contribution in [3.63, 3.8) is 0 Å². The van der Waals surface area contributed by atoms with Crippen LogP contribution in [0.1, 0.15) is 41.4 Å². The molecule has 1 atom stereocenters. The molecule has 184 valence electrons. The van der Waals surface area contributed by atoms with E-state index in [1.54, 1.807) is 31.2 Å². The number of carbonyl (C=O) groups excluding carboxylic acids is 1. The van der Waals surface area contributed by atoms with E-state index in [0.29, 0.717) is 17.2 Å². The lowest BCUT2D eigenvalue weighted by molar-refractivity contribution is -0.137. The summed E-state index contributed by atoms with van der Waals surface area (Å²) in [5.74, 6) is 11.0. The monoisotopic (exact) mass is 487 g/mol. The Hall–Kier alpha value is -4.32. The van der Waals surface area contributed by atoms with Crippen LogP contribution in [0.15, 0.2) is 70.7 Å². The molecule has 0 bridgehead atoms. The van der Waals surface area contributed by atoms with Gasteiger partial charge < -0.3 is 16.9 Å². The van der Waals surface area contributed by atoms with Crippen molar-refractivity contribution < 1.29 is 18.0 Å². The number of hydrogen-bond donors (Lipinski definition) is 4. The minimum Gasteiger partial charge on any atom is -0.399 e. The first-order valence-electron chi connectivity index (χ1n) is 10.3. The van der Waals surface area contributed by atoms with E-state index in [9.17, 15) is 22.8 Å². The Balaban J connectivity index is 1.89. The van der Waals surface area contributed by atoms with Gasteiger partial charge in [-0.15, -0.1) is 0 Å². The van der Waals surface area contributed by atoms with Gasteiger partial charge in [0.25, 0.3) is 11.5 Å². The second-order valence-electron chi connectivity index (χ2n) is 7.77. The highest BCUT2D eigenvalue weighted by Crippen LogP contribution is 2.32. The predicted octanol–water partition coefficient (Wildman–Crippen LogP) is 2.90. The van der Waals surface area contributed by atoms with E-state index in [1.807, 2.05) is 0 Å². The zero-order chi connectivity index (χ0) is 25.9. The molecule has 7 N–H and O–H groups in total. The van der Waals surface area contributed by atoms with Gasteiger partial charge in [-0.05, 0) is 61.9 Å². The number of aromatic nitrogens is 1. The molecule has 1 aromatic heterocycles. The minimum atomic E-state index is -4.58. The number of halogens is 3. The maximum absolute atomic E-state index is 13.1. The third-order valence-electron chi connectivity index (χ3n) is 5.25. The van der Waals surface area contributed by atoms with E-state index in [-0.39, 0.29) is 16.8 Å².